The number of carbonyl (C=O) groups is 3. The van der Waals surface area contributed by atoms with Gasteiger partial charge in [-0.2, -0.15) is 0 Å². The first kappa shape index (κ1) is 31.3. The van der Waals surface area contributed by atoms with E-state index in [4.69, 9.17) is 14.8 Å². The van der Waals surface area contributed by atoms with Crippen molar-refractivity contribution in [3.8, 4) is 0 Å². The number of hydroxylamine groups is 3. The summed E-state index contributed by atoms with van der Waals surface area (Å²) in [6.45, 7) is 3.14. The Morgan fingerprint density at radius 1 is 1.11 bits per heavy atom. The molecule has 0 radical (unpaired) electrons. The topological polar surface area (TPSA) is 129 Å². The van der Waals surface area contributed by atoms with Gasteiger partial charge in [-0.15, -0.1) is 0 Å². The second-order valence-electron chi connectivity index (χ2n) is 8.17. The number of aliphatic hydroxyl groups is 1. The summed E-state index contributed by atoms with van der Waals surface area (Å²) < 4.78 is 45.4. The fourth-order valence-electron chi connectivity index (χ4n) is 2.97. The third-order valence-corrected chi connectivity index (χ3v) is 5.58. The van der Waals surface area contributed by atoms with Crippen LogP contribution in [0, 0.1) is 26.9 Å². The van der Waals surface area contributed by atoms with Crippen LogP contribution in [0.15, 0.2) is 24.3 Å². The van der Waals surface area contributed by atoms with E-state index in [1.807, 2.05) is 28.1 Å². The highest BCUT2D eigenvalue weighted by Crippen LogP contribution is 2.31. The molecule has 38 heavy (non-hydrogen) atoms. The van der Waals surface area contributed by atoms with Gasteiger partial charge in [-0.3, -0.25) is 24.1 Å². The van der Waals surface area contributed by atoms with Crippen LogP contribution in [0.4, 0.5) is 24.5 Å². The zero-order chi connectivity index (χ0) is 28.4. The van der Waals surface area contributed by atoms with E-state index in [2.05, 4.69) is 10.6 Å². The van der Waals surface area contributed by atoms with Crippen molar-refractivity contribution in [1.29, 1.82) is 0 Å². The van der Waals surface area contributed by atoms with E-state index < -0.39 is 59.2 Å². The van der Waals surface area contributed by atoms with Crippen LogP contribution in [0.25, 0.3) is 0 Å². The largest absolute Gasteiger partial charge is 0.394 e. The third kappa shape index (κ3) is 8.82. The highest BCUT2D eigenvalue weighted by Gasteiger charge is 2.26. The number of hydrogen-bond donors (Lipinski definition) is 4. The summed E-state index contributed by atoms with van der Waals surface area (Å²) in [5.41, 5.74) is 0.189. The summed E-state index contributed by atoms with van der Waals surface area (Å²) in [6, 6.07) is 4.92. The average molecular weight is 652 g/mol. The normalized spacial score (nSPS) is 10.9. The Morgan fingerprint density at radius 3 is 2.42 bits per heavy atom. The lowest BCUT2D eigenvalue weighted by Crippen LogP contribution is -2.35. The van der Waals surface area contributed by atoms with Gasteiger partial charge in [0.25, 0.3) is 5.91 Å². The monoisotopic (exact) mass is 652 g/mol. The van der Waals surface area contributed by atoms with Crippen molar-refractivity contribution < 1.29 is 42.3 Å². The molecule has 2 aromatic carbocycles. The molecule has 0 aromatic heterocycles. The van der Waals surface area contributed by atoms with Crippen molar-refractivity contribution in [2.45, 2.75) is 27.3 Å². The quantitative estimate of drug-likeness (QED) is 0.149. The summed E-state index contributed by atoms with van der Waals surface area (Å²) in [6.07, 6.45) is 0. The van der Waals surface area contributed by atoms with Gasteiger partial charge >= 0.3 is 0 Å². The first-order valence-corrected chi connectivity index (χ1v) is 12.5. The summed E-state index contributed by atoms with van der Waals surface area (Å²) >= 11 is 1.87. The maximum absolute atomic E-state index is 15.3. The summed E-state index contributed by atoms with van der Waals surface area (Å²) in [5.74, 6) is -5.87. The molecule has 4 N–H and O–H groups in total. The Balaban J connectivity index is 2.37. The molecule has 0 unspecified atom stereocenters. The molecule has 0 aliphatic carbocycles. The van der Waals surface area contributed by atoms with Crippen molar-refractivity contribution in [3.05, 3.63) is 56.4 Å². The van der Waals surface area contributed by atoms with Gasteiger partial charge in [0.1, 0.15) is 5.82 Å². The lowest BCUT2D eigenvalue weighted by atomic mass is 10.1. The highest BCUT2D eigenvalue weighted by atomic mass is 127. The molecule has 2 aromatic rings. The van der Waals surface area contributed by atoms with Crippen LogP contribution in [0.5, 0.6) is 0 Å². The summed E-state index contributed by atoms with van der Waals surface area (Å²) in [4.78, 5) is 46.6. The van der Waals surface area contributed by atoms with Gasteiger partial charge in [0.05, 0.1) is 43.3 Å². The van der Waals surface area contributed by atoms with E-state index >= 15 is 8.78 Å². The van der Waals surface area contributed by atoms with E-state index in [0.29, 0.717) is 3.57 Å². The lowest BCUT2D eigenvalue weighted by Gasteiger charge is -2.22. The number of rotatable bonds is 13. The van der Waals surface area contributed by atoms with E-state index in [1.54, 1.807) is 13.8 Å². The zero-order valence-electron chi connectivity index (χ0n) is 20.9. The number of benzene rings is 2. The van der Waals surface area contributed by atoms with Crippen LogP contribution in [0.1, 0.15) is 36.7 Å². The Labute approximate surface area is 230 Å². The molecule has 0 atom stereocenters. The van der Waals surface area contributed by atoms with Crippen molar-refractivity contribution >= 4 is 51.7 Å². The van der Waals surface area contributed by atoms with Crippen LogP contribution in [-0.4, -0.2) is 54.3 Å². The molecule has 10 nitrogen and oxygen atoms in total. The van der Waals surface area contributed by atoms with E-state index in [1.165, 1.54) is 12.1 Å². The van der Waals surface area contributed by atoms with E-state index in [0.717, 1.165) is 24.1 Å². The Bertz CT molecular complexity index is 1170. The van der Waals surface area contributed by atoms with Crippen molar-refractivity contribution in [2.75, 3.05) is 31.7 Å². The Kier molecular flexibility index (Phi) is 12.2. The van der Waals surface area contributed by atoms with Crippen LogP contribution in [0.2, 0.25) is 0 Å². The Morgan fingerprint density at radius 2 is 1.82 bits per heavy atom. The molecule has 0 saturated heterocycles. The first-order chi connectivity index (χ1) is 18.0. The van der Waals surface area contributed by atoms with Gasteiger partial charge in [0, 0.05) is 28.5 Å². The molecule has 208 valence electrons. The minimum atomic E-state index is -1.51. The molecule has 0 bridgehead atoms. The average Bonchev–Trinajstić information content (AvgIpc) is 2.86. The van der Waals surface area contributed by atoms with E-state index in [9.17, 15) is 18.8 Å². The fraction of sp³-hybridized carbons (Fsp3) is 0.375. The molecule has 0 aliphatic rings. The number of amides is 3. The minimum Gasteiger partial charge on any atom is -0.394 e. The predicted molar refractivity (Wildman–Crippen MR) is 139 cm³/mol. The molecule has 0 spiro atoms. The molecule has 0 heterocycles. The fourth-order valence-corrected chi connectivity index (χ4v) is 3.43. The van der Waals surface area contributed by atoms with Gasteiger partial charge in [0.2, 0.25) is 11.8 Å². The molecule has 3 amide bonds. The molecule has 0 fully saturated rings. The van der Waals surface area contributed by atoms with Gasteiger partial charge in [-0.1, -0.05) is 13.8 Å². The number of aliphatic hydroxyl groups excluding tert-OH is 1. The maximum atomic E-state index is 15.3. The van der Waals surface area contributed by atoms with Gasteiger partial charge in [0.15, 0.2) is 11.6 Å². The van der Waals surface area contributed by atoms with Crippen molar-refractivity contribution in [3.63, 3.8) is 0 Å². The zero-order valence-corrected chi connectivity index (χ0v) is 23.0. The smallest absolute Gasteiger partial charge is 0.277 e. The second-order valence-corrected chi connectivity index (χ2v) is 9.42. The predicted octanol–water partition coefficient (Wildman–Crippen LogP) is 3.16. The SMILES string of the molecule is CC(=O)N(Cc1cc(C(=O)NOCCO)c(Nc2ccc(I)cc2F)c(F)c1F)OCCNC(=O)C(C)C. The molecule has 0 aliphatic heterocycles. The van der Waals surface area contributed by atoms with Gasteiger partial charge in [-0.05, 0) is 46.9 Å². The maximum Gasteiger partial charge on any atom is 0.277 e. The first-order valence-electron chi connectivity index (χ1n) is 11.4. The van der Waals surface area contributed by atoms with Crippen LogP contribution < -0.4 is 16.1 Å². The standard InChI is InChI=1S/C24H28F3IN4O6/c1-13(2)23(35)29-6-8-38-32(14(3)34)12-15-10-17(24(36)31-37-9-7-33)22(21(27)20(15)26)30-19-5-4-16(28)11-18(19)25/h4-5,10-11,13,30,33H,6-9,12H2,1-3H3,(H,29,35)(H,31,36). The number of carbonyl (C=O) groups excluding carboxylic acids is 3. The minimum absolute atomic E-state index is 0.0535. The van der Waals surface area contributed by atoms with Crippen LogP contribution in [0.3, 0.4) is 0 Å². The second kappa shape index (κ2) is 14.8. The lowest BCUT2D eigenvalue weighted by molar-refractivity contribution is -0.187. The third-order valence-electron chi connectivity index (χ3n) is 4.91. The van der Waals surface area contributed by atoms with Crippen molar-refractivity contribution in [2.24, 2.45) is 5.92 Å². The Hall–Kier alpha value is -2.95. The summed E-state index contributed by atoms with van der Waals surface area (Å²) in [7, 11) is 0. The number of nitrogens with zero attached hydrogens (tertiary/aromatic N) is 1. The van der Waals surface area contributed by atoms with Gasteiger partial charge in [-0.25, -0.2) is 23.7 Å². The van der Waals surface area contributed by atoms with Crippen molar-refractivity contribution in [1.82, 2.24) is 15.9 Å². The van der Waals surface area contributed by atoms with Gasteiger partial charge < -0.3 is 15.7 Å². The molecular weight excluding hydrogens is 624 g/mol. The van der Waals surface area contributed by atoms with Crippen LogP contribution in [-0.2, 0) is 25.8 Å². The number of hydrogen-bond acceptors (Lipinski definition) is 7. The number of anilines is 2. The van der Waals surface area contributed by atoms with E-state index in [-0.39, 0.29) is 37.3 Å². The number of nitrogens with one attached hydrogen (secondary N) is 3. The number of halogens is 4. The molecular formula is C24H28F3IN4O6. The molecule has 14 heteroatoms. The summed E-state index contributed by atoms with van der Waals surface area (Å²) in [5, 5.41) is 14.6. The highest BCUT2D eigenvalue weighted by molar-refractivity contribution is 14.1. The molecule has 0 saturated carbocycles. The molecule has 2 rings (SSSR count). The van der Waals surface area contributed by atoms with Crippen LogP contribution >= 0.6 is 22.6 Å².